The first kappa shape index (κ1) is 18.8. The van der Waals surface area contributed by atoms with Gasteiger partial charge in [0.1, 0.15) is 6.04 Å². The van der Waals surface area contributed by atoms with Crippen molar-refractivity contribution >= 4 is 29.0 Å². The highest BCUT2D eigenvalue weighted by Gasteiger charge is 2.26. The summed E-state index contributed by atoms with van der Waals surface area (Å²) in [6.45, 7) is 8.52. The fourth-order valence-electron chi connectivity index (χ4n) is 2.64. The van der Waals surface area contributed by atoms with E-state index in [2.05, 4.69) is 22.5 Å². The van der Waals surface area contributed by atoms with Crippen LogP contribution in [0.2, 0.25) is 0 Å². The third kappa shape index (κ3) is 4.49. The number of imidazole rings is 1. The average Bonchev–Trinajstić information content (AvgIpc) is 2.90. The van der Waals surface area contributed by atoms with Crippen LogP contribution in [0.25, 0.3) is 11.0 Å². The number of rotatable bonds is 7. The smallest absolute Gasteiger partial charge is 0.407 e. The van der Waals surface area contributed by atoms with Crippen LogP contribution in [0.4, 0.5) is 10.7 Å². The molecule has 2 amide bonds. The van der Waals surface area contributed by atoms with E-state index in [9.17, 15) is 9.59 Å². The number of nitrogens with zero attached hydrogens (tertiary/aromatic N) is 2. The number of amides is 2. The van der Waals surface area contributed by atoms with Gasteiger partial charge in [-0.2, -0.15) is 0 Å². The minimum Gasteiger partial charge on any atom is -0.450 e. The predicted molar refractivity (Wildman–Crippen MR) is 97.4 cm³/mol. The Bertz CT molecular complexity index is 739. The summed E-state index contributed by atoms with van der Waals surface area (Å²) in [5.74, 6) is 0.0912. The Morgan fingerprint density at radius 1 is 1.24 bits per heavy atom. The second kappa shape index (κ2) is 8.50. The van der Waals surface area contributed by atoms with Crippen molar-refractivity contribution in [2.45, 2.75) is 46.7 Å². The molecule has 0 radical (unpaired) electrons. The zero-order valence-corrected chi connectivity index (χ0v) is 15.2. The van der Waals surface area contributed by atoms with Gasteiger partial charge in [-0.05, 0) is 31.4 Å². The van der Waals surface area contributed by atoms with E-state index < -0.39 is 12.1 Å². The molecule has 2 N–H and O–H groups in total. The predicted octanol–water partition coefficient (Wildman–Crippen LogP) is 3.16. The topological polar surface area (TPSA) is 85.2 Å². The molecule has 136 valence electrons. The van der Waals surface area contributed by atoms with Crippen LogP contribution in [-0.2, 0) is 16.1 Å². The Kier molecular flexibility index (Phi) is 6.38. The van der Waals surface area contributed by atoms with Gasteiger partial charge >= 0.3 is 6.09 Å². The number of alkyl carbamates (subject to hydrolysis) is 1. The number of carbonyl (C=O) groups excluding carboxylic acids is 2. The van der Waals surface area contributed by atoms with Crippen molar-refractivity contribution in [3.63, 3.8) is 0 Å². The molecule has 0 spiro atoms. The van der Waals surface area contributed by atoms with Crippen LogP contribution in [0.1, 0.15) is 34.1 Å². The second-order valence-electron chi connectivity index (χ2n) is 6.15. The van der Waals surface area contributed by atoms with Crippen molar-refractivity contribution in [1.29, 1.82) is 0 Å². The van der Waals surface area contributed by atoms with Crippen LogP contribution in [0, 0.1) is 5.92 Å². The normalized spacial score (nSPS) is 12.2. The van der Waals surface area contributed by atoms with Gasteiger partial charge in [0, 0.05) is 6.54 Å². The Balaban J connectivity index is 2.24. The van der Waals surface area contributed by atoms with Crippen molar-refractivity contribution in [1.82, 2.24) is 14.9 Å². The SMILES string of the molecule is CCCn1c(NC(=O)C(NC(=O)OCC)C(C)C)nc2ccccc21. The van der Waals surface area contributed by atoms with Crippen molar-refractivity contribution in [3.8, 4) is 0 Å². The van der Waals surface area contributed by atoms with Crippen LogP contribution in [0.5, 0.6) is 0 Å². The van der Waals surface area contributed by atoms with Gasteiger partial charge in [0.05, 0.1) is 17.6 Å². The van der Waals surface area contributed by atoms with Gasteiger partial charge in [0.15, 0.2) is 0 Å². The number of anilines is 1. The molecule has 0 aliphatic carbocycles. The van der Waals surface area contributed by atoms with Gasteiger partial charge in [0.25, 0.3) is 0 Å². The molecule has 0 aliphatic heterocycles. The monoisotopic (exact) mass is 346 g/mol. The molecule has 1 aromatic carbocycles. The van der Waals surface area contributed by atoms with Crippen LogP contribution >= 0.6 is 0 Å². The third-order valence-corrected chi connectivity index (χ3v) is 3.83. The molecule has 0 saturated carbocycles. The second-order valence-corrected chi connectivity index (χ2v) is 6.15. The maximum Gasteiger partial charge on any atom is 0.407 e. The average molecular weight is 346 g/mol. The molecule has 0 aliphatic rings. The standard InChI is InChI=1S/C18H26N4O3/c1-5-11-22-14-10-8-7-9-13(14)19-17(22)21-16(23)15(12(3)4)20-18(24)25-6-2/h7-10,12,15H,5-6,11H2,1-4H3,(H,20,24)(H,19,21,23). The molecule has 1 unspecified atom stereocenters. The van der Waals surface area contributed by atoms with Crippen LogP contribution in [0.15, 0.2) is 24.3 Å². The number of hydrogen-bond acceptors (Lipinski definition) is 4. The lowest BCUT2D eigenvalue weighted by atomic mass is 10.0. The summed E-state index contributed by atoms with van der Waals surface area (Å²) >= 11 is 0. The van der Waals surface area contributed by atoms with E-state index >= 15 is 0 Å². The number of aromatic nitrogens is 2. The first-order chi connectivity index (χ1) is 12.0. The molecular formula is C18H26N4O3. The molecule has 2 aromatic rings. The van der Waals surface area contributed by atoms with Gasteiger partial charge in [-0.3, -0.25) is 10.1 Å². The molecule has 0 fully saturated rings. The number of benzene rings is 1. The summed E-state index contributed by atoms with van der Waals surface area (Å²) in [5, 5.41) is 5.47. The van der Waals surface area contributed by atoms with Crippen molar-refractivity contribution in [3.05, 3.63) is 24.3 Å². The van der Waals surface area contributed by atoms with Gasteiger partial charge in [-0.15, -0.1) is 0 Å². The van der Waals surface area contributed by atoms with E-state index in [1.165, 1.54) is 0 Å². The van der Waals surface area contributed by atoms with Crippen molar-refractivity contribution in [2.24, 2.45) is 5.92 Å². The summed E-state index contributed by atoms with van der Waals surface area (Å²) in [7, 11) is 0. The quantitative estimate of drug-likeness (QED) is 0.806. The summed E-state index contributed by atoms with van der Waals surface area (Å²) in [6, 6.07) is 7.05. The highest BCUT2D eigenvalue weighted by molar-refractivity contribution is 5.96. The van der Waals surface area contributed by atoms with Gasteiger partial charge in [0.2, 0.25) is 11.9 Å². The number of para-hydroxylation sites is 2. The summed E-state index contributed by atoms with van der Waals surface area (Å²) in [6.07, 6.45) is 0.316. The molecule has 25 heavy (non-hydrogen) atoms. The fourth-order valence-corrected chi connectivity index (χ4v) is 2.64. The molecule has 1 aromatic heterocycles. The molecule has 0 saturated heterocycles. The van der Waals surface area contributed by atoms with Crippen LogP contribution in [0.3, 0.4) is 0 Å². The molecular weight excluding hydrogens is 320 g/mol. The zero-order chi connectivity index (χ0) is 18.4. The van der Waals surface area contributed by atoms with Gasteiger partial charge in [-0.1, -0.05) is 32.9 Å². The largest absolute Gasteiger partial charge is 0.450 e. The molecule has 1 heterocycles. The Labute approximate surface area is 147 Å². The third-order valence-electron chi connectivity index (χ3n) is 3.83. The first-order valence-corrected chi connectivity index (χ1v) is 8.67. The first-order valence-electron chi connectivity index (χ1n) is 8.67. The Morgan fingerprint density at radius 2 is 1.96 bits per heavy atom. The molecule has 0 bridgehead atoms. The van der Waals surface area contributed by atoms with E-state index in [4.69, 9.17) is 4.74 Å². The number of aryl methyl sites for hydroxylation is 1. The molecule has 1 atom stereocenters. The minimum atomic E-state index is -0.700. The molecule has 2 rings (SSSR count). The lowest BCUT2D eigenvalue weighted by Crippen LogP contribution is -2.47. The van der Waals surface area contributed by atoms with Gasteiger partial charge < -0.3 is 14.6 Å². The summed E-state index contributed by atoms with van der Waals surface area (Å²) in [4.78, 5) is 28.9. The van der Waals surface area contributed by atoms with E-state index in [0.29, 0.717) is 5.95 Å². The lowest BCUT2D eigenvalue weighted by Gasteiger charge is -2.21. The lowest BCUT2D eigenvalue weighted by molar-refractivity contribution is -0.119. The highest BCUT2D eigenvalue weighted by Crippen LogP contribution is 2.20. The Hall–Kier alpha value is -2.57. The summed E-state index contributed by atoms with van der Waals surface area (Å²) < 4.78 is 6.86. The van der Waals surface area contributed by atoms with E-state index in [-0.39, 0.29) is 18.4 Å². The molecule has 7 nitrogen and oxygen atoms in total. The highest BCUT2D eigenvalue weighted by atomic mass is 16.5. The number of fused-ring (bicyclic) bond motifs is 1. The van der Waals surface area contributed by atoms with E-state index in [0.717, 1.165) is 24.0 Å². The maximum atomic E-state index is 12.7. The van der Waals surface area contributed by atoms with Crippen molar-refractivity contribution in [2.75, 3.05) is 11.9 Å². The van der Waals surface area contributed by atoms with Gasteiger partial charge in [-0.25, -0.2) is 9.78 Å². The molecule has 7 heteroatoms. The number of carbonyl (C=O) groups is 2. The number of ether oxygens (including phenoxy) is 1. The number of nitrogens with one attached hydrogen (secondary N) is 2. The summed E-state index contributed by atoms with van der Waals surface area (Å²) in [5.41, 5.74) is 1.80. The van der Waals surface area contributed by atoms with Crippen molar-refractivity contribution < 1.29 is 14.3 Å². The number of hydrogen-bond donors (Lipinski definition) is 2. The van der Waals surface area contributed by atoms with Crippen LogP contribution < -0.4 is 10.6 Å². The minimum absolute atomic E-state index is 0.0894. The maximum absolute atomic E-state index is 12.7. The van der Waals surface area contributed by atoms with E-state index in [1.807, 2.05) is 42.7 Å². The fraction of sp³-hybridized carbons (Fsp3) is 0.500. The van der Waals surface area contributed by atoms with E-state index in [1.54, 1.807) is 6.92 Å². The Morgan fingerprint density at radius 3 is 2.60 bits per heavy atom. The van der Waals surface area contributed by atoms with Crippen LogP contribution in [-0.4, -0.2) is 34.2 Å². The zero-order valence-electron chi connectivity index (χ0n) is 15.2.